The molecule has 0 radical (unpaired) electrons. The van der Waals surface area contributed by atoms with Crippen LogP contribution in [0.25, 0.3) is 0 Å². The molecule has 2 atom stereocenters. The number of nitrogens with zero attached hydrogens (tertiary/aromatic N) is 1. The lowest BCUT2D eigenvalue weighted by Gasteiger charge is -2.42. The van der Waals surface area contributed by atoms with Crippen molar-refractivity contribution in [3.63, 3.8) is 0 Å². The van der Waals surface area contributed by atoms with Gasteiger partial charge in [0, 0.05) is 22.7 Å². The smallest absolute Gasteiger partial charge is 0.337 e. The van der Waals surface area contributed by atoms with Gasteiger partial charge in [0.15, 0.2) is 0 Å². The van der Waals surface area contributed by atoms with Crippen LogP contribution in [-0.2, 0) is 14.3 Å². The topological polar surface area (TPSA) is 102 Å². The number of esters is 2. The number of thiophene rings is 1. The summed E-state index contributed by atoms with van der Waals surface area (Å²) in [5.41, 5.74) is 1.53. The maximum Gasteiger partial charge on any atom is 0.337 e. The van der Waals surface area contributed by atoms with Crippen molar-refractivity contribution < 1.29 is 28.7 Å². The number of anilines is 1. The molecule has 1 N–H and O–H groups in total. The van der Waals surface area contributed by atoms with Crippen molar-refractivity contribution in [1.82, 2.24) is 4.90 Å². The summed E-state index contributed by atoms with van der Waals surface area (Å²) in [6.07, 6.45) is 0. The lowest BCUT2D eigenvalue weighted by Crippen LogP contribution is -2.47. The minimum Gasteiger partial charge on any atom is -0.465 e. The van der Waals surface area contributed by atoms with Crippen LogP contribution in [0.2, 0.25) is 0 Å². The van der Waals surface area contributed by atoms with Crippen LogP contribution < -0.4 is 5.32 Å². The van der Waals surface area contributed by atoms with Crippen molar-refractivity contribution >= 4 is 40.8 Å². The summed E-state index contributed by atoms with van der Waals surface area (Å²) >= 11 is 1.49. The number of methoxy groups -OCH3 is 2. The molecule has 0 fully saturated rings. The first-order chi connectivity index (χ1) is 17.7. The average molecular weight is 521 g/mol. The molecule has 0 saturated carbocycles. The van der Waals surface area contributed by atoms with Gasteiger partial charge in [0.2, 0.25) is 5.91 Å². The fraction of sp³-hybridized carbons (Fsp3) is 0.286. The number of benzene rings is 2. The van der Waals surface area contributed by atoms with Gasteiger partial charge in [-0.2, -0.15) is 0 Å². The molecule has 3 aromatic rings. The highest BCUT2D eigenvalue weighted by Crippen LogP contribution is 2.45. The zero-order valence-electron chi connectivity index (χ0n) is 21.0. The van der Waals surface area contributed by atoms with Crippen molar-refractivity contribution in [3.05, 3.63) is 87.1 Å². The van der Waals surface area contributed by atoms with Crippen LogP contribution in [0.1, 0.15) is 67.3 Å². The van der Waals surface area contributed by atoms with E-state index in [4.69, 9.17) is 9.47 Å². The number of carbonyl (C=O) groups is 4. The molecule has 0 saturated heterocycles. The predicted molar refractivity (Wildman–Crippen MR) is 140 cm³/mol. The number of ether oxygens (including phenoxy) is 2. The molecular weight excluding hydrogens is 492 g/mol. The summed E-state index contributed by atoms with van der Waals surface area (Å²) in [5.74, 6) is -2.35. The highest BCUT2D eigenvalue weighted by atomic mass is 32.1. The molecule has 9 heteroatoms. The molecule has 2 aromatic carbocycles. The van der Waals surface area contributed by atoms with E-state index in [0.717, 1.165) is 4.88 Å². The van der Waals surface area contributed by atoms with Crippen LogP contribution in [0, 0.1) is 5.92 Å². The van der Waals surface area contributed by atoms with Crippen molar-refractivity contribution in [2.24, 2.45) is 5.92 Å². The first-order valence-electron chi connectivity index (χ1n) is 11.8. The molecular formula is C28H28N2O6S. The first kappa shape index (κ1) is 26.1. The summed E-state index contributed by atoms with van der Waals surface area (Å²) in [5, 5.41) is 4.81. The van der Waals surface area contributed by atoms with Crippen molar-refractivity contribution in [3.8, 4) is 0 Å². The number of nitrogens with one attached hydrogen (secondary N) is 1. The molecule has 1 aromatic heterocycles. The van der Waals surface area contributed by atoms with Gasteiger partial charge >= 0.3 is 11.9 Å². The van der Waals surface area contributed by atoms with E-state index in [9.17, 15) is 19.2 Å². The molecule has 0 spiro atoms. The van der Waals surface area contributed by atoms with Crippen molar-refractivity contribution in [2.45, 2.75) is 25.8 Å². The highest BCUT2D eigenvalue weighted by molar-refractivity contribution is 7.10. The van der Waals surface area contributed by atoms with Gasteiger partial charge in [-0.3, -0.25) is 9.59 Å². The summed E-state index contributed by atoms with van der Waals surface area (Å²) in [6.45, 7) is 4.53. The van der Waals surface area contributed by atoms with Crippen LogP contribution in [0.3, 0.4) is 0 Å². The van der Waals surface area contributed by atoms with Gasteiger partial charge in [-0.25, -0.2) is 9.59 Å². The summed E-state index contributed by atoms with van der Waals surface area (Å²) < 4.78 is 9.62. The number of carbonyl (C=O) groups excluding carboxylic acids is 4. The van der Waals surface area contributed by atoms with Crippen molar-refractivity contribution in [1.29, 1.82) is 0 Å². The lowest BCUT2D eigenvalue weighted by molar-refractivity contribution is -0.119. The van der Waals surface area contributed by atoms with Gasteiger partial charge in [-0.1, -0.05) is 38.1 Å². The molecule has 0 bridgehead atoms. The van der Waals surface area contributed by atoms with Crippen LogP contribution in [0.4, 0.5) is 5.69 Å². The second-order valence-corrected chi connectivity index (χ2v) is 10.1. The number of hydrogen-bond donors (Lipinski definition) is 1. The molecule has 0 unspecified atom stereocenters. The van der Waals surface area contributed by atoms with Gasteiger partial charge in [0.25, 0.3) is 5.91 Å². The quantitative estimate of drug-likeness (QED) is 0.445. The standard InChI is InChI=1S/C28H28N2O6S/c1-16(2)15-30-24(22-10-7-11-37-22)23(20-8-5-6-9-21(20)26(30)32)25(31)29-19-13-17(27(33)35-3)12-18(14-19)28(34)36-4/h5-14,16,23-24H,15H2,1-4H3,(H,29,31)/t23-,24+/m1/s1. The summed E-state index contributed by atoms with van der Waals surface area (Å²) in [7, 11) is 2.46. The Labute approximate surface area is 219 Å². The molecule has 0 aliphatic carbocycles. The van der Waals surface area contributed by atoms with Crippen molar-refractivity contribution in [2.75, 3.05) is 26.1 Å². The Hall–Kier alpha value is -3.98. The fourth-order valence-corrected chi connectivity index (χ4v) is 5.51. The van der Waals surface area contributed by atoms with Crippen LogP contribution in [0.15, 0.2) is 60.0 Å². The molecule has 8 nitrogen and oxygen atoms in total. The Morgan fingerprint density at radius 1 is 0.973 bits per heavy atom. The zero-order chi connectivity index (χ0) is 26.7. The van der Waals surface area contributed by atoms with E-state index < -0.39 is 23.9 Å². The van der Waals surface area contributed by atoms with E-state index in [1.165, 1.54) is 43.8 Å². The van der Waals surface area contributed by atoms with E-state index in [1.54, 1.807) is 23.1 Å². The van der Waals surface area contributed by atoms with E-state index in [0.29, 0.717) is 17.7 Å². The second-order valence-electron chi connectivity index (χ2n) is 9.15. The van der Waals surface area contributed by atoms with Crippen LogP contribution >= 0.6 is 11.3 Å². The zero-order valence-corrected chi connectivity index (χ0v) is 21.8. The Kier molecular flexibility index (Phi) is 7.73. The Bertz CT molecular complexity index is 1300. The second kappa shape index (κ2) is 11.0. The van der Waals surface area contributed by atoms with E-state index in [-0.39, 0.29) is 34.5 Å². The minimum absolute atomic E-state index is 0.0937. The SMILES string of the molecule is COC(=O)c1cc(NC(=O)[C@@H]2c3ccccc3C(=O)N(CC(C)C)[C@H]2c2cccs2)cc(C(=O)OC)c1. The van der Waals surface area contributed by atoms with Gasteiger partial charge in [-0.15, -0.1) is 11.3 Å². The number of fused-ring (bicyclic) bond motifs is 1. The highest BCUT2D eigenvalue weighted by Gasteiger charge is 2.44. The first-order valence-corrected chi connectivity index (χ1v) is 12.7. The molecule has 2 amide bonds. The summed E-state index contributed by atoms with van der Waals surface area (Å²) in [4.78, 5) is 54.7. The third kappa shape index (κ3) is 5.27. The Morgan fingerprint density at radius 3 is 2.19 bits per heavy atom. The lowest BCUT2D eigenvalue weighted by atomic mass is 9.81. The Balaban J connectivity index is 1.81. The third-order valence-corrected chi connectivity index (χ3v) is 7.10. The van der Waals surface area contributed by atoms with E-state index in [1.807, 2.05) is 37.4 Å². The number of rotatable bonds is 7. The molecule has 1 aliphatic rings. The fourth-order valence-electron chi connectivity index (χ4n) is 4.64. The maximum atomic E-state index is 14.0. The van der Waals surface area contributed by atoms with Gasteiger partial charge in [0.1, 0.15) is 0 Å². The monoisotopic (exact) mass is 520 g/mol. The van der Waals surface area contributed by atoms with Crippen LogP contribution in [0.5, 0.6) is 0 Å². The van der Waals surface area contributed by atoms with E-state index >= 15 is 0 Å². The minimum atomic E-state index is -0.727. The third-order valence-electron chi connectivity index (χ3n) is 6.16. The van der Waals surface area contributed by atoms with Gasteiger partial charge in [-0.05, 0) is 47.2 Å². The van der Waals surface area contributed by atoms with Crippen LogP contribution in [-0.4, -0.2) is 49.4 Å². The van der Waals surface area contributed by atoms with E-state index in [2.05, 4.69) is 5.32 Å². The predicted octanol–water partition coefficient (Wildman–Crippen LogP) is 4.90. The van der Waals surface area contributed by atoms with Gasteiger partial charge < -0.3 is 19.7 Å². The number of hydrogen-bond acceptors (Lipinski definition) is 7. The average Bonchev–Trinajstić information content (AvgIpc) is 3.43. The molecule has 192 valence electrons. The largest absolute Gasteiger partial charge is 0.465 e. The maximum absolute atomic E-state index is 14.0. The molecule has 37 heavy (non-hydrogen) atoms. The normalized spacial score (nSPS) is 16.8. The Morgan fingerprint density at radius 2 is 1.62 bits per heavy atom. The molecule has 1 aliphatic heterocycles. The number of amides is 2. The molecule has 4 rings (SSSR count). The summed E-state index contributed by atoms with van der Waals surface area (Å²) in [6, 6.07) is 14.7. The van der Waals surface area contributed by atoms with Gasteiger partial charge in [0.05, 0.1) is 37.3 Å². The molecule has 2 heterocycles.